The molecule has 0 aliphatic rings. The van der Waals surface area contributed by atoms with E-state index in [2.05, 4.69) is 5.32 Å². The maximum Gasteiger partial charge on any atom is 0.328 e. The topological polar surface area (TPSA) is 58.6 Å². The van der Waals surface area contributed by atoms with Gasteiger partial charge in [0.05, 0.1) is 22.3 Å². The van der Waals surface area contributed by atoms with Gasteiger partial charge in [-0.3, -0.25) is 0 Å². The first kappa shape index (κ1) is 14.0. The molecule has 0 amide bonds. The number of ether oxygens (including phenoxy) is 1. The molecule has 4 nitrogen and oxygen atoms in total. The molecule has 0 radical (unpaired) electrons. The standard InChI is InChI=1S/C10H10Cl2FNO3/c1-17-4-8(10(15)16)14-9-6(11)2-5(13)3-7(9)12/h2-3,8,14H,4H2,1H3,(H,15,16). The molecule has 17 heavy (non-hydrogen) atoms. The second kappa shape index (κ2) is 6.05. The lowest BCUT2D eigenvalue weighted by Crippen LogP contribution is -2.33. The highest BCUT2D eigenvalue weighted by atomic mass is 35.5. The minimum absolute atomic E-state index is 0.0114. The van der Waals surface area contributed by atoms with Crippen molar-refractivity contribution >= 4 is 34.9 Å². The third-order valence-corrected chi connectivity index (χ3v) is 2.55. The van der Waals surface area contributed by atoms with Gasteiger partial charge in [0.2, 0.25) is 0 Å². The van der Waals surface area contributed by atoms with Gasteiger partial charge in [-0.1, -0.05) is 23.2 Å². The fraction of sp³-hybridized carbons (Fsp3) is 0.300. The third kappa shape index (κ3) is 3.73. The first-order chi connectivity index (χ1) is 7.95. The Kier molecular flexibility index (Phi) is 4.99. The number of anilines is 1. The Hall–Kier alpha value is -1.04. The van der Waals surface area contributed by atoms with E-state index in [0.29, 0.717) is 0 Å². The smallest absolute Gasteiger partial charge is 0.328 e. The molecular formula is C10H10Cl2FNO3. The Morgan fingerprint density at radius 1 is 1.53 bits per heavy atom. The van der Waals surface area contributed by atoms with E-state index in [1.165, 1.54) is 7.11 Å². The van der Waals surface area contributed by atoms with Crippen LogP contribution in [0.3, 0.4) is 0 Å². The van der Waals surface area contributed by atoms with E-state index in [1.807, 2.05) is 0 Å². The number of aliphatic carboxylic acids is 1. The van der Waals surface area contributed by atoms with Crippen LogP contribution in [0.4, 0.5) is 10.1 Å². The van der Waals surface area contributed by atoms with Crippen molar-refractivity contribution in [2.45, 2.75) is 6.04 Å². The zero-order valence-electron chi connectivity index (χ0n) is 8.84. The lowest BCUT2D eigenvalue weighted by atomic mass is 10.2. The Morgan fingerprint density at radius 2 is 2.06 bits per heavy atom. The van der Waals surface area contributed by atoms with Gasteiger partial charge in [-0.2, -0.15) is 0 Å². The number of benzene rings is 1. The van der Waals surface area contributed by atoms with Crippen molar-refractivity contribution in [3.8, 4) is 0 Å². The van der Waals surface area contributed by atoms with Crippen LogP contribution in [0, 0.1) is 5.82 Å². The zero-order valence-corrected chi connectivity index (χ0v) is 10.3. The maximum absolute atomic E-state index is 12.9. The monoisotopic (exact) mass is 281 g/mol. The van der Waals surface area contributed by atoms with Gasteiger partial charge in [0.1, 0.15) is 11.9 Å². The van der Waals surface area contributed by atoms with Crippen molar-refractivity contribution in [3.05, 3.63) is 28.0 Å². The number of methoxy groups -OCH3 is 1. The van der Waals surface area contributed by atoms with Gasteiger partial charge >= 0.3 is 5.97 Å². The van der Waals surface area contributed by atoms with E-state index in [1.54, 1.807) is 0 Å². The number of carboxylic acids is 1. The second-order valence-corrected chi connectivity index (χ2v) is 4.05. The molecule has 0 aliphatic heterocycles. The number of rotatable bonds is 5. The molecule has 0 heterocycles. The molecular weight excluding hydrogens is 272 g/mol. The van der Waals surface area contributed by atoms with E-state index < -0.39 is 17.8 Å². The van der Waals surface area contributed by atoms with Crippen LogP contribution >= 0.6 is 23.2 Å². The van der Waals surface area contributed by atoms with Gasteiger partial charge in [-0.05, 0) is 12.1 Å². The molecule has 1 atom stereocenters. The van der Waals surface area contributed by atoms with Crippen LogP contribution in [-0.2, 0) is 9.53 Å². The van der Waals surface area contributed by atoms with Crippen LogP contribution in [0.5, 0.6) is 0 Å². The van der Waals surface area contributed by atoms with Crippen molar-refractivity contribution in [3.63, 3.8) is 0 Å². The highest BCUT2D eigenvalue weighted by Crippen LogP contribution is 2.31. The van der Waals surface area contributed by atoms with Crippen LogP contribution in [0.2, 0.25) is 10.0 Å². The summed E-state index contributed by atoms with van der Waals surface area (Å²) in [7, 11) is 1.37. The summed E-state index contributed by atoms with van der Waals surface area (Å²) in [6, 6.07) is 1.07. The molecule has 1 aromatic carbocycles. The molecule has 0 bridgehead atoms. The Balaban J connectivity index is 2.97. The normalized spacial score (nSPS) is 12.2. The van der Waals surface area contributed by atoms with E-state index in [-0.39, 0.29) is 22.3 Å². The summed E-state index contributed by atoms with van der Waals surface area (Å²) in [4.78, 5) is 10.9. The summed E-state index contributed by atoms with van der Waals surface area (Å²) < 4.78 is 17.7. The third-order valence-electron chi connectivity index (χ3n) is 1.96. The molecule has 1 unspecified atom stereocenters. The summed E-state index contributed by atoms with van der Waals surface area (Å²) in [6.07, 6.45) is 0. The van der Waals surface area contributed by atoms with Crippen molar-refractivity contribution in [1.82, 2.24) is 0 Å². The number of hydrogen-bond donors (Lipinski definition) is 2. The van der Waals surface area contributed by atoms with Crippen molar-refractivity contribution in [2.75, 3.05) is 19.0 Å². The average molecular weight is 282 g/mol. The molecule has 7 heteroatoms. The Morgan fingerprint density at radius 3 is 2.47 bits per heavy atom. The predicted molar refractivity (Wildman–Crippen MR) is 63.3 cm³/mol. The predicted octanol–water partition coefficient (Wildman–Crippen LogP) is 2.64. The summed E-state index contributed by atoms with van der Waals surface area (Å²) in [5.74, 6) is -1.72. The maximum atomic E-state index is 12.9. The van der Waals surface area contributed by atoms with Gasteiger partial charge in [-0.15, -0.1) is 0 Å². The fourth-order valence-corrected chi connectivity index (χ4v) is 1.77. The highest BCUT2D eigenvalue weighted by molar-refractivity contribution is 6.39. The van der Waals surface area contributed by atoms with Gasteiger partial charge < -0.3 is 15.2 Å². The average Bonchev–Trinajstić information content (AvgIpc) is 2.21. The van der Waals surface area contributed by atoms with Crippen molar-refractivity contribution in [2.24, 2.45) is 0 Å². The second-order valence-electron chi connectivity index (χ2n) is 3.23. The summed E-state index contributed by atoms with van der Waals surface area (Å²) >= 11 is 11.5. The number of carboxylic acid groups (broad SMARTS) is 1. The Bertz CT molecular complexity index is 405. The molecule has 94 valence electrons. The lowest BCUT2D eigenvalue weighted by molar-refractivity contribution is -0.139. The molecule has 0 saturated carbocycles. The van der Waals surface area contributed by atoms with Gasteiger partial charge in [0, 0.05) is 7.11 Å². The Labute approximate surface area is 107 Å². The van der Waals surface area contributed by atoms with E-state index in [4.69, 9.17) is 33.0 Å². The number of hydrogen-bond acceptors (Lipinski definition) is 3. The number of nitrogens with one attached hydrogen (secondary N) is 1. The van der Waals surface area contributed by atoms with Gasteiger partial charge in [0.25, 0.3) is 0 Å². The molecule has 2 N–H and O–H groups in total. The SMILES string of the molecule is COCC(Nc1c(Cl)cc(F)cc1Cl)C(=O)O. The molecule has 0 spiro atoms. The summed E-state index contributed by atoms with van der Waals surface area (Å²) in [6.45, 7) is -0.0701. The highest BCUT2D eigenvalue weighted by Gasteiger charge is 2.20. The molecule has 1 aromatic rings. The van der Waals surface area contributed by atoms with Crippen LogP contribution < -0.4 is 5.32 Å². The molecule has 1 rings (SSSR count). The zero-order chi connectivity index (χ0) is 13.0. The van der Waals surface area contributed by atoms with Crippen molar-refractivity contribution < 1.29 is 19.0 Å². The van der Waals surface area contributed by atoms with E-state index >= 15 is 0 Å². The first-order valence-corrected chi connectivity index (χ1v) is 5.34. The molecule has 0 saturated heterocycles. The minimum atomic E-state index is -1.12. The van der Waals surface area contributed by atoms with E-state index in [0.717, 1.165) is 12.1 Å². The molecule has 0 aliphatic carbocycles. The lowest BCUT2D eigenvalue weighted by Gasteiger charge is -2.17. The fourth-order valence-electron chi connectivity index (χ4n) is 1.20. The van der Waals surface area contributed by atoms with E-state index in [9.17, 15) is 9.18 Å². The summed E-state index contributed by atoms with van der Waals surface area (Å²) in [5.41, 5.74) is 0.166. The summed E-state index contributed by atoms with van der Waals surface area (Å²) in [5, 5.41) is 11.5. The molecule has 0 aromatic heterocycles. The molecule has 0 fully saturated rings. The number of carbonyl (C=O) groups is 1. The van der Waals surface area contributed by atoms with Gasteiger partial charge in [-0.25, -0.2) is 9.18 Å². The minimum Gasteiger partial charge on any atom is -0.480 e. The van der Waals surface area contributed by atoms with Crippen molar-refractivity contribution in [1.29, 1.82) is 0 Å². The number of halogens is 3. The largest absolute Gasteiger partial charge is 0.480 e. The van der Waals surface area contributed by atoms with Crippen LogP contribution in [-0.4, -0.2) is 30.8 Å². The van der Waals surface area contributed by atoms with Gasteiger partial charge in [0.15, 0.2) is 0 Å². The van der Waals surface area contributed by atoms with Crippen LogP contribution in [0.25, 0.3) is 0 Å². The first-order valence-electron chi connectivity index (χ1n) is 4.58. The van der Waals surface area contributed by atoms with Crippen LogP contribution in [0.15, 0.2) is 12.1 Å². The quantitative estimate of drug-likeness (QED) is 0.871. The van der Waals surface area contributed by atoms with Crippen LogP contribution in [0.1, 0.15) is 0 Å².